The largest absolute Gasteiger partial charge is 0.370 e. The van der Waals surface area contributed by atoms with Gasteiger partial charge in [0, 0.05) is 19.0 Å². The Kier molecular flexibility index (Phi) is 4.08. The molecule has 0 radical (unpaired) electrons. The highest BCUT2D eigenvalue weighted by atomic mass is 16.2. The Hall–Kier alpha value is -1.10. The Morgan fingerprint density at radius 1 is 1.53 bits per heavy atom. The molecule has 4 N–H and O–H groups in total. The van der Waals surface area contributed by atoms with Crippen molar-refractivity contribution in [3.63, 3.8) is 0 Å². The Bertz CT molecular complexity index is 255. The minimum absolute atomic E-state index is 0.0142. The van der Waals surface area contributed by atoms with Crippen LogP contribution in [-0.4, -0.2) is 30.9 Å². The van der Waals surface area contributed by atoms with Gasteiger partial charge in [-0.05, 0) is 19.4 Å². The zero-order chi connectivity index (χ0) is 11.4. The summed E-state index contributed by atoms with van der Waals surface area (Å²) in [5.41, 5.74) is 5.05. The number of hydrogen-bond donors (Lipinski definition) is 3. The maximum Gasteiger partial charge on any atom is 0.224 e. The van der Waals surface area contributed by atoms with Gasteiger partial charge in [0.25, 0.3) is 0 Å². The average molecular weight is 213 g/mol. The lowest BCUT2D eigenvalue weighted by Crippen LogP contribution is -2.41. The minimum Gasteiger partial charge on any atom is -0.370 e. The molecule has 0 saturated carbocycles. The van der Waals surface area contributed by atoms with Crippen molar-refractivity contribution in [2.75, 3.05) is 13.1 Å². The van der Waals surface area contributed by atoms with Crippen molar-refractivity contribution in [1.29, 1.82) is 0 Å². The number of hydrogen-bond acceptors (Lipinski definition) is 3. The predicted octanol–water partition coefficient (Wildman–Crippen LogP) is -0.778. The molecule has 3 atom stereocenters. The van der Waals surface area contributed by atoms with Gasteiger partial charge in [0.05, 0.1) is 5.92 Å². The third kappa shape index (κ3) is 3.51. The monoisotopic (exact) mass is 213 g/mol. The summed E-state index contributed by atoms with van der Waals surface area (Å²) in [4.78, 5) is 22.4. The molecule has 0 spiro atoms. The van der Waals surface area contributed by atoms with E-state index in [0.717, 1.165) is 13.1 Å². The van der Waals surface area contributed by atoms with E-state index in [1.807, 2.05) is 6.92 Å². The molecular formula is C10H19N3O2. The van der Waals surface area contributed by atoms with Crippen molar-refractivity contribution >= 4 is 11.8 Å². The lowest BCUT2D eigenvalue weighted by molar-refractivity contribution is -0.126. The van der Waals surface area contributed by atoms with Gasteiger partial charge in [-0.25, -0.2) is 0 Å². The van der Waals surface area contributed by atoms with Gasteiger partial charge in [0.2, 0.25) is 11.8 Å². The van der Waals surface area contributed by atoms with E-state index in [0.29, 0.717) is 5.92 Å². The van der Waals surface area contributed by atoms with Crippen molar-refractivity contribution in [2.45, 2.75) is 26.3 Å². The first kappa shape index (κ1) is 12.0. The smallest absolute Gasteiger partial charge is 0.224 e. The fourth-order valence-electron chi connectivity index (χ4n) is 1.86. The molecule has 0 aromatic carbocycles. The topological polar surface area (TPSA) is 84.2 Å². The molecule has 1 saturated heterocycles. The van der Waals surface area contributed by atoms with E-state index < -0.39 is 0 Å². The van der Waals surface area contributed by atoms with Gasteiger partial charge >= 0.3 is 0 Å². The lowest BCUT2D eigenvalue weighted by Gasteiger charge is -2.17. The molecule has 2 amide bonds. The Labute approximate surface area is 89.8 Å². The molecule has 0 aliphatic carbocycles. The number of nitrogens with one attached hydrogen (secondary N) is 2. The van der Waals surface area contributed by atoms with Gasteiger partial charge in [0.15, 0.2) is 0 Å². The number of rotatable bonds is 4. The molecule has 1 heterocycles. The number of carbonyl (C=O) groups excluding carboxylic acids is 2. The molecule has 0 bridgehead atoms. The molecule has 86 valence electrons. The van der Waals surface area contributed by atoms with Crippen LogP contribution < -0.4 is 16.4 Å². The predicted molar refractivity (Wildman–Crippen MR) is 56.9 cm³/mol. The summed E-state index contributed by atoms with van der Waals surface area (Å²) in [6.45, 7) is 5.43. The first-order valence-corrected chi connectivity index (χ1v) is 5.30. The third-order valence-electron chi connectivity index (χ3n) is 2.75. The van der Waals surface area contributed by atoms with Crippen LogP contribution in [0.4, 0.5) is 0 Å². The van der Waals surface area contributed by atoms with E-state index >= 15 is 0 Å². The summed E-state index contributed by atoms with van der Waals surface area (Å²) in [5.74, 6) is -0.00671. The quantitative estimate of drug-likeness (QED) is 0.573. The highest BCUT2D eigenvalue weighted by Gasteiger charge is 2.30. The van der Waals surface area contributed by atoms with E-state index in [9.17, 15) is 9.59 Å². The van der Waals surface area contributed by atoms with Crippen molar-refractivity contribution in [2.24, 2.45) is 17.6 Å². The molecule has 0 aromatic heterocycles. The molecule has 5 nitrogen and oxygen atoms in total. The second kappa shape index (κ2) is 5.11. The van der Waals surface area contributed by atoms with E-state index in [1.54, 1.807) is 6.92 Å². The SMILES string of the molecule is CC(CC(N)=O)NC(=O)C1CNCC1C. The van der Waals surface area contributed by atoms with E-state index in [4.69, 9.17) is 5.73 Å². The summed E-state index contributed by atoms with van der Waals surface area (Å²) < 4.78 is 0. The molecule has 1 fully saturated rings. The molecular weight excluding hydrogens is 194 g/mol. The van der Waals surface area contributed by atoms with Crippen LogP contribution in [0.15, 0.2) is 0 Å². The minimum atomic E-state index is -0.389. The zero-order valence-electron chi connectivity index (χ0n) is 9.25. The highest BCUT2D eigenvalue weighted by molar-refractivity contribution is 5.81. The van der Waals surface area contributed by atoms with Crippen LogP contribution in [0.25, 0.3) is 0 Å². The van der Waals surface area contributed by atoms with Crippen molar-refractivity contribution in [1.82, 2.24) is 10.6 Å². The molecule has 1 rings (SSSR count). The Morgan fingerprint density at radius 3 is 2.67 bits per heavy atom. The first-order valence-electron chi connectivity index (χ1n) is 5.30. The summed E-state index contributed by atoms with van der Waals surface area (Å²) in [7, 11) is 0. The highest BCUT2D eigenvalue weighted by Crippen LogP contribution is 2.15. The summed E-state index contributed by atoms with van der Waals surface area (Å²) in [6.07, 6.45) is 0.195. The normalized spacial score (nSPS) is 27.3. The van der Waals surface area contributed by atoms with Crippen LogP contribution in [0.2, 0.25) is 0 Å². The molecule has 3 unspecified atom stereocenters. The van der Waals surface area contributed by atoms with E-state index in [-0.39, 0.29) is 30.2 Å². The standard InChI is InChI=1S/C10H19N3O2/c1-6-4-12-5-8(6)10(15)13-7(2)3-9(11)14/h6-8,12H,3-5H2,1-2H3,(H2,11,14)(H,13,15). The van der Waals surface area contributed by atoms with Crippen LogP contribution in [0, 0.1) is 11.8 Å². The van der Waals surface area contributed by atoms with Gasteiger partial charge in [-0.2, -0.15) is 0 Å². The maximum absolute atomic E-state index is 11.7. The van der Waals surface area contributed by atoms with Crippen LogP contribution in [0.1, 0.15) is 20.3 Å². The maximum atomic E-state index is 11.7. The van der Waals surface area contributed by atoms with Gasteiger partial charge in [-0.3, -0.25) is 9.59 Å². The number of carbonyl (C=O) groups is 2. The van der Waals surface area contributed by atoms with Crippen molar-refractivity contribution < 1.29 is 9.59 Å². The average Bonchev–Trinajstić information content (AvgIpc) is 2.49. The van der Waals surface area contributed by atoms with Gasteiger partial charge in [-0.15, -0.1) is 0 Å². The van der Waals surface area contributed by atoms with Gasteiger partial charge in [-0.1, -0.05) is 6.92 Å². The third-order valence-corrected chi connectivity index (χ3v) is 2.75. The van der Waals surface area contributed by atoms with E-state index in [1.165, 1.54) is 0 Å². The number of amides is 2. The van der Waals surface area contributed by atoms with Crippen molar-refractivity contribution in [3.8, 4) is 0 Å². The molecule has 0 aromatic rings. The number of nitrogens with two attached hydrogens (primary N) is 1. The fourth-order valence-corrected chi connectivity index (χ4v) is 1.86. The van der Waals surface area contributed by atoms with Crippen LogP contribution in [0.3, 0.4) is 0 Å². The van der Waals surface area contributed by atoms with Crippen LogP contribution in [0.5, 0.6) is 0 Å². The Balaban J connectivity index is 2.37. The Morgan fingerprint density at radius 2 is 2.20 bits per heavy atom. The molecule has 15 heavy (non-hydrogen) atoms. The second-order valence-corrected chi connectivity index (χ2v) is 4.32. The molecule has 1 aliphatic heterocycles. The van der Waals surface area contributed by atoms with Gasteiger partial charge in [0.1, 0.15) is 0 Å². The first-order chi connectivity index (χ1) is 7.00. The summed E-state index contributed by atoms with van der Waals surface area (Å²) >= 11 is 0. The van der Waals surface area contributed by atoms with Crippen LogP contribution in [-0.2, 0) is 9.59 Å². The second-order valence-electron chi connectivity index (χ2n) is 4.32. The number of primary amides is 1. The summed E-state index contributed by atoms with van der Waals surface area (Å²) in [5, 5.41) is 5.97. The summed E-state index contributed by atoms with van der Waals surface area (Å²) in [6, 6.07) is -0.178. The van der Waals surface area contributed by atoms with Crippen molar-refractivity contribution in [3.05, 3.63) is 0 Å². The molecule has 1 aliphatic rings. The lowest BCUT2D eigenvalue weighted by atomic mass is 9.97. The zero-order valence-corrected chi connectivity index (χ0v) is 9.25. The molecule has 5 heteroatoms. The van der Waals surface area contributed by atoms with E-state index in [2.05, 4.69) is 10.6 Å². The fraction of sp³-hybridized carbons (Fsp3) is 0.800. The van der Waals surface area contributed by atoms with Crippen LogP contribution >= 0.6 is 0 Å². The van der Waals surface area contributed by atoms with Gasteiger partial charge < -0.3 is 16.4 Å².